The van der Waals surface area contributed by atoms with Gasteiger partial charge in [-0.05, 0) is 24.6 Å². The van der Waals surface area contributed by atoms with Crippen LogP contribution in [0.25, 0.3) is 16.5 Å². The molecule has 1 aliphatic rings. The fourth-order valence-corrected chi connectivity index (χ4v) is 2.85. The topological polar surface area (TPSA) is 126 Å². The molecule has 1 aromatic carbocycles. The molecule has 136 valence electrons. The Morgan fingerprint density at radius 3 is 2.64 bits per heavy atom. The Labute approximate surface area is 145 Å². The van der Waals surface area contributed by atoms with E-state index in [1.807, 2.05) is 18.3 Å². The number of H-pyrrole nitrogens is 1. The van der Waals surface area contributed by atoms with Crippen LogP contribution in [0.5, 0.6) is 0 Å². The molecular weight excluding hydrogens is 345 g/mol. The number of fused-ring (bicyclic) bond motifs is 1. The third-order valence-corrected chi connectivity index (χ3v) is 4.02. The van der Waals surface area contributed by atoms with E-state index in [1.165, 1.54) is 16.5 Å². The lowest BCUT2D eigenvalue weighted by molar-refractivity contribution is -0.105. The van der Waals surface area contributed by atoms with E-state index in [2.05, 4.69) is 34.3 Å². The van der Waals surface area contributed by atoms with Gasteiger partial charge in [0, 0.05) is 30.2 Å². The van der Waals surface area contributed by atoms with E-state index in [0.29, 0.717) is 6.41 Å². The second-order valence-corrected chi connectivity index (χ2v) is 6.61. The van der Waals surface area contributed by atoms with Crippen LogP contribution in [0.4, 0.5) is 5.69 Å². The van der Waals surface area contributed by atoms with Gasteiger partial charge in [0.15, 0.2) is 0 Å². The number of carbonyl (C=O) groups excluding carboxylic acids is 1. The van der Waals surface area contributed by atoms with Crippen LogP contribution in [0, 0.1) is 0 Å². The smallest absolute Gasteiger partial charge is 0.359 e. The maximum absolute atomic E-state index is 10.7. The van der Waals surface area contributed by atoms with Gasteiger partial charge in [0.05, 0.1) is 11.2 Å². The number of amides is 1. The second-order valence-electron chi connectivity index (χ2n) is 5.58. The Morgan fingerprint density at radius 2 is 2.08 bits per heavy atom. The molecule has 0 saturated carbocycles. The molecular formula is C16H22N3O5P. The number of nitrogens with zero attached hydrogens (tertiary/aromatic N) is 1. The number of benzene rings is 1. The van der Waals surface area contributed by atoms with Crippen LogP contribution >= 0.6 is 7.82 Å². The number of aromatic nitrogens is 1. The number of phosphoric acid groups is 1. The maximum atomic E-state index is 10.7. The van der Waals surface area contributed by atoms with Crippen molar-refractivity contribution in [1.29, 1.82) is 0 Å². The van der Waals surface area contributed by atoms with Crippen LogP contribution in [0.3, 0.4) is 0 Å². The molecule has 0 fully saturated rings. The largest absolute Gasteiger partial charge is 0.466 e. The standard InChI is InChI=1S/C16H19N3O.H3O4P/c1-2-19-8-6-12(7-9-19)14-10-17-16-13(14)4-3-5-15(16)18-11-20;1-5(2,3)4/h3-6,10-11,17H,2,7-9H2,1H3,(H,18,20);(H3,1,2,3,4). The number of aromatic amines is 1. The maximum Gasteiger partial charge on any atom is 0.466 e. The zero-order valence-electron chi connectivity index (χ0n) is 13.8. The predicted molar refractivity (Wildman–Crippen MR) is 97.0 cm³/mol. The van der Waals surface area contributed by atoms with Crippen molar-refractivity contribution in [2.24, 2.45) is 0 Å². The van der Waals surface area contributed by atoms with Gasteiger partial charge in [0.1, 0.15) is 0 Å². The molecule has 8 nitrogen and oxygen atoms in total. The summed E-state index contributed by atoms with van der Waals surface area (Å²) in [6, 6.07) is 5.99. The summed E-state index contributed by atoms with van der Waals surface area (Å²) < 4.78 is 8.88. The highest BCUT2D eigenvalue weighted by molar-refractivity contribution is 7.45. The Morgan fingerprint density at radius 1 is 1.36 bits per heavy atom. The minimum Gasteiger partial charge on any atom is -0.359 e. The minimum absolute atomic E-state index is 0.717. The van der Waals surface area contributed by atoms with Crippen molar-refractivity contribution in [2.45, 2.75) is 13.3 Å². The summed E-state index contributed by atoms with van der Waals surface area (Å²) in [5.41, 5.74) is 4.47. The number of nitrogens with one attached hydrogen (secondary N) is 2. The molecule has 1 amide bonds. The number of hydrogen-bond donors (Lipinski definition) is 5. The van der Waals surface area contributed by atoms with Crippen LogP contribution in [-0.2, 0) is 9.36 Å². The van der Waals surface area contributed by atoms with Crippen LogP contribution < -0.4 is 5.32 Å². The zero-order chi connectivity index (χ0) is 18.4. The number of hydrogen-bond acceptors (Lipinski definition) is 3. The van der Waals surface area contributed by atoms with Crippen molar-refractivity contribution < 1.29 is 24.0 Å². The lowest BCUT2D eigenvalue weighted by Gasteiger charge is -2.24. The van der Waals surface area contributed by atoms with Crippen molar-refractivity contribution in [1.82, 2.24) is 9.88 Å². The average molecular weight is 367 g/mol. The van der Waals surface area contributed by atoms with Gasteiger partial charge >= 0.3 is 7.82 Å². The SMILES string of the molecule is CCN1CC=C(c2c[nH]c3c(NC=O)cccc23)CC1.O=P(O)(O)O. The molecule has 0 aliphatic carbocycles. The molecule has 0 saturated heterocycles. The van der Waals surface area contributed by atoms with Gasteiger partial charge in [-0.1, -0.05) is 25.1 Å². The van der Waals surface area contributed by atoms with E-state index < -0.39 is 7.82 Å². The summed E-state index contributed by atoms with van der Waals surface area (Å²) in [7, 11) is -4.64. The quantitative estimate of drug-likeness (QED) is 0.415. The van der Waals surface area contributed by atoms with Gasteiger partial charge in [-0.2, -0.15) is 0 Å². The number of likely N-dealkylation sites (N-methyl/N-ethyl adjacent to an activating group) is 1. The van der Waals surface area contributed by atoms with Crippen LogP contribution in [0.1, 0.15) is 18.9 Å². The van der Waals surface area contributed by atoms with Crippen molar-refractivity contribution in [3.63, 3.8) is 0 Å². The number of carbonyl (C=O) groups is 1. The number of rotatable bonds is 4. The van der Waals surface area contributed by atoms with E-state index in [9.17, 15) is 4.79 Å². The van der Waals surface area contributed by atoms with E-state index in [0.717, 1.165) is 37.3 Å². The number of anilines is 1. The summed E-state index contributed by atoms with van der Waals surface area (Å²) in [4.78, 5) is 37.9. The molecule has 25 heavy (non-hydrogen) atoms. The molecule has 0 radical (unpaired) electrons. The molecule has 3 rings (SSSR count). The first-order valence-electron chi connectivity index (χ1n) is 7.83. The Hall–Kier alpha value is -1.96. The van der Waals surface area contributed by atoms with E-state index in [4.69, 9.17) is 19.2 Å². The number of para-hydroxylation sites is 1. The fraction of sp³-hybridized carbons (Fsp3) is 0.312. The summed E-state index contributed by atoms with van der Waals surface area (Å²) in [6.07, 6.45) is 6.16. The summed E-state index contributed by atoms with van der Waals surface area (Å²) >= 11 is 0. The Bertz CT molecular complexity index is 803. The van der Waals surface area contributed by atoms with Crippen LogP contribution in [0.15, 0.2) is 30.5 Å². The molecule has 0 unspecified atom stereocenters. The van der Waals surface area contributed by atoms with Crippen molar-refractivity contribution in [3.05, 3.63) is 36.0 Å². The van der Waals surface area contributed by atoms with Gasteiger partial charge in [-0.3, -0.25) is 9.69 Å². The summed E-state index contributed by atoms with van der Waals surface area (Å²) in [6.45, 7) is 5.43. The normalized spacial score (nSPS) is 15.3. The third kappa shape index (κ3) is 5.52. The summed E-state index contributed by atoms with van der Waals surface area (Å²) in [5, 5.41) is 3.92. The van der Waals surface area contributed by atoms with Crippen molar-refractivity contribution in [2.75, 3.05) is 25.0 Å². The highest BCUT2D eigenvalue weighted by atomic mass is 31.2. The first-order chi connectivity index (χ1) is 11.8. The first kappa shape index (κ1) is 19.4. The molecule has 1 aliphatic heterocycles. The lowest BCUT2D eigenvalue weighted by Crippen LogP contribution is -2.27. The molecule has 0 atom stereocenters. The third-order valence-electron chi connectivity index (χ3n) is 4.02. The Kier molecular flexibility index (Phi) is 6.52. The van der Waals surface area contributed by atoms with E-state index in [-0.39, 0.29) is 0 Å². The zero-order valence-corrected chi connectivity index (χ0v) is 14.7. The van der Waals surface area contributed by atoms with E-state index in [1.54, 1.807) is 0 Å². The fourth-order valence-electron chi connectivity index (χ4n) is 2.85. The van der Waals surface area contributed by atoms with Crippen molar-refractivity contribution >= 4 is 36.4 Å². The van der Waals surface area contributed by atoms with Crippen LogP contribution in [-0.4, -0.2) is 50.6 Å². The highest BCUT2D eigenvalue weighted by Crippen LogP contribution is 2.32. The first-order valence-corrected chi connectivity index (χ1v) is 9.40. The molecule has 0 spiro atoms. The summed E-state index contributed by atoms with van der Waals surface area (Å²) in [5.74, 6) is 0. The molecule has 0 bridgehead atoms. The molecule has 5 N–H and O–H groups in total. The lowest BCUT2D eigenvalue weighted by atomic mass is 9.98. The van der Waals surface area contributed by atoms with Gasteiger partial charge < -0.3 is 25.0 Å². The predicted octanol–water partition coefficient (Wildman–Crippen LogP) is 1.92. The molecule has 2 aromatic rings. The molecule has 1 aromatic heterocycles. The van der Waals surface area contributed by atoms with Gasteiger partial charge in [-0.15, -0.1) is 0 Å². The van der Waals surface area contributed by atoms with Crippen LogP contribution in [0.2, 0.25) is 0 Å². The van der Waals surface area contributed by atoms with Crippen molar-refractivity contribution in [3.8, 4) is 0 Å². The highest BCUT2D eigenvalue weighted by Gasteiger charge is 2.15. The van der Waals surface area contributed by atoms with Gasteiger partial charge in [0.25, 0.3) is 0 Å². The van der Waals surface area contributed by atoms with Gasteiger partial charge in [0.2, 0.25) is 6.41 Å². The Balaban J connectivity index is 0.000000399. The average Bonchev–Trinajstić information content (AvgIpc) is 2.99. The van der Waals surface area contributed by atoms with E-state index >= 15 is 0 Å². The van der Waals surface area contributed by atoms with Gasteiger partial charge in [-0.25, -0.2) is 4.57 Å². The second kappa shape index (κ2) is 8.42. The minimum atomic E-state index is -4.64. The monoisotopic (exact) mass is 367 g/mol. The molecule has 2 heterocycles. The molecule has 9 heteroatoms.